The zero-order valence-corrected chi connectivity index (χ0v) is 17.0. The lowest BCUT2D eigenvalue weighted by molar-refractivity contribution is 0.0852. The second-order valence-corrected chi connectivity index (χ2v) is 6.90. The van der Waals surface area contributed by atoms with Crippen LogP contribution in [0.15, 0.2) is 83.4 Å². The van der Waals surface area contributed by atoms with E-state index in [9.17, 15) is 14.0 Å². The molecule has 160 valence electrons. The Balaban J connectivity index is 1.45. The fraction of sp³-hybridized carbons (Fsp3) is 0.0833. The van der Waals surface area contributed by atoms with Gasteiger partial charge in [0, 0.05) is 11.1 Å². The van der Waals surface area contributed by atoms with E-state index in [4.69, 9.17) is 9.26 Å². The Labute approximate surface area is 182 Å². The fourth-order valence-corrected chi connectivity index (χ4v) is 3.03. The van der Waals surface area contributed by atoms with E-state index in [1.54, 1.807) is 31.2 Å². The third-order valence-electron chi connectivity index (χ3n) is 4.68. The van der Waals surface area contributed by atoms with E-state index in [0.717, 1.165) is 5.56 Å². The lowest BCUT2D eigenvalue weighted by Gasteiger charge is -2.13. The van der Waals surface area contributed by atoms with E-state index < -0.39 is 23.9 Å². The smallest absolute Gasteiger partial charge is 0.414 e. The molecule has 2 amide bonds. The number of amides is 2. The van der Waals surface area contributed by atoms with Gasteiger partial charge in [0.2, 0.25) is 5.82 Å². The summed E-state index contributed by atoms with van der Waals surface area (Å²) in [7, 11) is 0. The van der Waals surface area contributed by atoms with Crippen LogP contribution in [0.25, 0.3) is 22.8 Å². The van der Waals surface area contributed by atoms with Gasteiger partial charge in [-0.1, -0.05) is 59.8 Å². The third-order valence-corrected chi connectivity index (χ3v) is 4.68. The number of ether oxygens (including phenoxy) is 1. The Morgan fingerprint density at radius 3 is 2.53 bits per heavy atom. The van der Waals surface area contributed by atoms with E-state index in [1.165, 1.54) is 24.3 Å². The Morgan fingerprint density at radius 2 is 1.75 bits per heavy atom. The summed E-state index contributed by atoms with van der Waals surface area (Å²) in [5, 5.41) is 6.06. The van der Waals surface area contributed by atoms with E-state index in [1.807, 2.05) is 30.3 Å². The molecule has 4 rings (SSSR count). The molecule has 0 aliphatic carbocycles. The first-order valence-electron chi connectivity index (χ1n) is 9.77. The average Bonchev–Trinajstić information content (AvgIpc) is 3.30. The molecule has 4 aromatic rings. The molecule has 0 radical (unpaired) electrons. The predicted molar refractivity (Wildman–Crippen MR) is 114 cm³/mol. The van der Waals surface area contributed by atoms with Crippen LogP contribution in [-0.2, 0) is 4.74 Å². The van der Waals surface area contributed by atoms with Crippen LogP contribution in [0, 0.1) is 5.82 Å². The van der Waals surface area contributed by atoms with Crippen LogP contribution < -0.4 is 5.32 Å². The monoisotopic (exact) mass is 431 g/mol. The molecule has 0 spiro atoms. The number of nitrogens with one attached hydrogen (secondary N) is 1. The Morgan fingerprint density at radius 1 is 1.00 bits per heavy atom. The molecule has 0 bridgehead atoms. The summed E-state index contributed by atoms with van der Waals surface area (Å²) < 4.78 is 24.4. The summed E-state index contributed by atoms with van der Waals surface area (Å²) in [6.07, 6.45) is -1.38. The van der Waals surface area contributed by atoms with Crippen LogP contribution in [0.2, 0.25) is 0 Å². The zero-order chi connectivity index (χ0) is 22.5. The molecule has 1 aromatic heterocycles. The molecule has 1 N–H and O–H groups in total. The highest BCUT2D eigenvalue weighted by Crippen LogP contribution is 2.24. The molecular formula is C24H18FN3O4. The predicted octanol–water partition coefficient (Wildman–Crippen LogP) is 5.17. The second kappa shape index (κ2) is 9.22. The number of alkyl carbamates (subject to hydrolysis) is 1. The van der Waals surface area contributed by atoms with Crippen molar-refractivity contribution in [1.82, 2.24) is 15.5 Å². The minimum Gasteiger partial charge on any atom is -0.441 e. The first kappa shape index (κ1) is 20.9. The van der Waals surface area contributed by atoms with Gasteiger partial charge in [0.1, 0.15) is 11.9 Å². The van der Waals surface area contributed by atoms with Crippen molar-refractivity contribution >= 4 is 12.0 Å². The second-order valence-electron chi connectivity index (χ2n) is 6.90. The standard InChI is InChI=1S/C24H18FN3O4/c1-15(16-8-3-2-4-9-16)31-24(30)27-22(29)18-11-7-10-17(14-18)21-26-23(32-28-21)19-12-5-6-13-20(19)25/h2-15H,1H3,(H,27,29,30). The van der Waals surface area contributed by atoms with Crippen molar-refractivity contribution in [1.29, 1.82) is 0 Å². The molecule has 1 atom stereocenters. The average molecular weight is 431 g/mol. The lowest BCUT2D eigenvalue weighted by atomic mass is 10.1. The molecule has 32 heavy (non-hydrogen) atoms. The van der Waals surface area contributed by atoms with Gasteiger partial charge < -0.3 is 9.26 Å². The van der Waals surface area contributed by atoms with Crippen LogP contribution in [-0.4, -0.2) is 22.1 Å². The number of benzene rings is 3. The summed E-state index contributed by atoms with van der Waals surface area (Å²) >= 11 is 0. The number of carbonyl (C=O) groups is 2. The first-order valence-corrected chi connectivity index (χ1v) is 9.77. The minimum atomic E-state index is -0.863. The molecule has 3 aromatic carbocycles. The highest BCUT2D eigenvalue weighted by molar-refractivity contribution is 6.03. The molecule has 0 fully saturated rings. The Bertz CT molecular complexity index is 1260. The Hall–Kier alpha value is -4.33. The highest BCUT2D eigenvalue weighted by Gasteiger charge is 2.18. The molecule has 0 saturated carbocycles. The van der Waals surface area contributed by atoms with Crippen molar-refractivity contribution in [2.45, 2.75) is 13.0 Å². The van der Waals surface area contributed by atoms with Gasteiger partial charge in [0.15, 0.2) is 0 Å². The largest absolute Gasteiger partial charge is 0.441 e. The Kier molecular flexibility index (Phi) is 6.03. The van der Waals surface area contributed by atoms with Crippen LogP contribution in [0.5, 0.6) is 0 Å². The summed E-state index contributed by atoms with van der Waals surface area (Å²) in [6.45, 7) is 1.71. The maximum atomic E-state index is 14.0. The van der Waals surface area contributed by atoms with Crippen LogP contribution in [0.1, 0.15) is 28.9 Å². The number of rotatable bonds is 5. The van der Waals surface area contributed by atoms with Crippen molar-refractivity contribution in [2.75, 3.05) is 0 Å². The van der Waals surface area contributed by atoms with Crippen molar-refractivity contribution in [3.63, 3.8) is 0 Å². The van der Waals surface area contributed by atoms with Gasteiger partial charge in [-0.05, 0) is 36.8 Å². The molecule has 8 heteroatoms. The van der Waals surface area contributed by atoms with Crippen molar-refractivity contribution in [2.24, 2.45) is 0 Å². The van der Waals surface area contributed by atoms with E-state index in [-0.39, 0.29) is 22.8 Å². The maximum absolute atomic E-state index is 14.0. The van der Waals surface area contributed by atoms with Crippen LogP contribution >= 0.6 is 0 Å². The van der Waals surface area contributed by atoms with E-state index >= 15 is 0 Å². The normalized spacial score (nSPS) is 11.6. The van der Waals surface area contributed by atoms with Gasteiger partial charge >= 0.3 is 6.09 Å². The lowest BCUT2D eigenvalue weighted by Crippen LogP contribution is -2.31. The molecule has 1 heterocycles. The fourth-order valence-electron chi connectivity index (χ4n) is 3.03. The number of nitrogens with zero attached hydrogens (tertiary/aromatic N) is 2. The zero-order valence-electron chi connectivity index (χ0n) is 17.0. The number of hydrogen-bond donors (Lipinski definition) is 1. The number of carbonyl (C=O) groups excluding carboxylic acids is 2. The highest BCUT2D eigenvalue weighted by atomic mass is 19.1. The summed E-state index contributed by atoms with van der Waals surface area (Å²) in [6, 6.07) is 21.5. The minimum absolute atomic E-state index is 0.0198. The SMILES string of the molecule is CC(OC(=O)NC(=O)c1cccc(-c2noc(-c3ccccc3F)n2)c1)c1ccccc1. The molecule has 7 nitrogen and oxygen atoms in total. The number of halogens is 1. The summed E-state index contributed by atoms with van der Waals surface area (Å²) in [5.41, 5.74) is 1.65. The summed E-state index contributed by atoms with van der Waals surface area (Å²) in [4.78, 5) is 28.8. The molecule has 0 aliphatic heterocycles. The quantitative estimate of drug-likeness (QED) is 0.468. The maximum Gasteiger partial charge on any atom is 0.414 e. The van der Waals surface area contributed by atoms with Gasteiger partial charge in [0.25, 0.3) is 11.8 Å². The van der Waals surface area contributed by atoms with Crippen molar-refractivity contribution in [3.05, 3.63) is 95.8 Å². The first-order chi connectivity index (χ1) is 15.5. The van der Waals surface area contributed by atoms with Crippen molar-refractivity contribution in [3.8, 4) is 22.8 Å². The van der Waals surface area contributed by atoms with Crippen molar-refractivity contribution < 1.29 is 23.2 Å². The van der Waals surface area contributed by atoms with Gasteiger partial charge in [0.05, 0.1) is 5.56 Å². The van der Waals surface area contributed by atoms with Gasteiger partial charge in [-0.2, -0.15) is 4.98 Å². The molecule has 0 saturated heterocycles. The van der Waals surface area contributed by atoms with Crippen LogP contribution in [0.3, 0.4) is 0 Å². The number of aromatic nitrogens is 2. The third kappa shape index (κ3) is 4.70. The molecule has 0 aliphatic rings. The number of imide groups is 1. The van der Waals surface area contributed by atoms with Gasteiger partial charge in [-0.3, -0.25) is 10.1 Å². The topological polar surface area (TPSA) is 94.3 Å². The summed E-state index contributed by atoms with van der Waals surface area (Å²) in [5.74, 6) is -0.932. The van der Waals surface area contributed by atoms with E-state index in [0.29, 0.717) is 5.56 Å². The van der Waals surface area contributed by atoms with Gasteiger partial charge in [-0.15, -0.1) is 0 Å². The van der Waals surface area contributed by atoms with Crippen LogP contribution in [0.4, 0.5) is 9.18 Å². The van der Waals surface area contributed by atoms with Gasteiger partial charge in [-0.25, -0.2) is 9.18 Å². The molecular weight excluding hydrogens is 413 g/mol. The molecule has 1 unspecified atom stereocenters. The van der Waals surface area contributed by atoms with E-state index in [2.05, 4.69) is 15.5 Å². The number of hydrogen-bond acceptors (Lipinski definition) is 6.